The number of carboxylic acids is 1. The maximum atomic E-state index is 13.1. The standard InChI is InChI=1S/C20H25FO5S/c1-20(2,3)26-17(23)7-10-4-5-15-12(6-10)18(19(24)25)16(27-15)9-14(22)11-8-13(11)21/h10-11,13H,4-9H2,1-3H3,(H,24,25)/t10-,11?,13-/m0/s1. The lowest BCUT2D eigenvalue weighted by molar-refractivity contribution is -0.156. The number of halogens is 1. The molecule has 1 unspecified atom stereocenters. The van der Waals surface area contributed by atoms with Crippen LogP contribution in [0.3, 0.4) is 0 Å². The Morgan fingerprint density at radius 2 is 1.96 bits per heavy atom. The highest BCUT2D eigenvalue weighted by Gasteiger charge is 2.43. The molecule has 0 amide bonds. The van der Waals surface area contributed by atoms with Crippen molar-refractivity contribution < 1.29 is 28.6 Å². The van der Waals surface area contributed by atoms with Gasteiger partial charge in [-0.15, -0.1) is 11.3 Å². The van der Waals surface area contributed by atoms with E-state index < -0.39 is 23.7 Å². The molecule has 0 saturated heterocycles. The Labute approximate surface area is 161 Å². The molecule has 2 aliphatic rings. The predicted octanol–water partition coefficient (Wildman–Crippen LogP) is 3.75. The maximum absolute atomic E-state index is 13.1. The summed E-state index contributed by atoms with van der Waals surface area (Å²) in [5, 5.41) is 9.68. The second kappa shape index (κ2) is 7.34. The Bertz CT molecular complexity index is 776. The van der Waals surface area contributed by atoms with Crippen molar-refractivity contribution in [2.24, 2.45) is 11.8 Å². The monoisotopic (exact) mass is 396 g/mol. The van der Waals surface area contributed by atoms with Gasteiger partial charge in [-0.05, 0) is 57.9 Å². The van der Waals surface area contributed by atoms with Gasteiger partial charge in [0.15, 0.2) is 0 Å². The number of carbonyl (C=O) groups is 3. The highest BCUT2D eigenvalue weighted by atomic mass is 32.1. The van der Waals surface area contributed by atoms with Crippen LogP contribution >= 0.6 is 11.3 Å². The summed E-state index contributed by atoms with van der Waals surface area (Å²) in [5.41, 5.74) is 0.381. The van der Waals surface area contributed by atoms with Crippen molar-refractivity contribution >= 4 is 29.1 Å². The summed E-state index contributed by atoms with van der Waals surface area (Å²) in [6.45, 7) is 5.45. The molecule has 0 radical (unpaired) electrons. The van der Waals surface area contributed by atoms with E-state index in [1.165, 1.54) is 11.3 Å². The normalized spacial score (nSPS) is 24.2. The number of ether oxygens (including phenoxy) is 1. The van der Waals surface area contributed by atoms with E-state index in [1.807, 2.05) is 20.8 Å². The maximum Gasteiger partial charge on any atom is 0.337 e. The van der Waals surface area contributed by atoms with Crippen LogP contribution in [-0.2, 0) is 33.6 Å². The third-order valence-electron chi connectivity index (χ3n) is 4.99. The first kappa shape index (κ1) is 20.0. The predicted molar refractivity (Wildman–Crippen MR) is 99.0 cm³/mol. The molecule has 0 aromatic carbocycles. The lowest BCUT2D eigenvalue weighted by Crippen LogP contribution is -2.26. The minimum Gasteiger partial charge on any atom is -0.478 e. The van der Waals surface area contributed by atoms with Crippen LogP contribution in [0.25, 0.3) is 0 Å². The van der Waals surface area contributed by atoms with Crippen molar-refractivity contribution in [2.45, 2.75) is 71.1 Å². The molecule has 1 heterocycles. The highest BCUT2D eigenvalue weighted by molar-refractivity contribution is 7.12. The first-order chi connectivity index (χ1) is 12.5. The van der Waals surface area contributed by atoms with Crippen molar-refractivity contribution in [3.8, 4) is 0 Å². The molecule has 1 saturated carbocycles. The summed E-state index contributed by atoms with van der Waals surface area (Å²) in [4.78, 5) is 37.6. The molecular weight excluding hydrogens is 371 g/mol. The average Bonchev–Trinajstić information content (AvgIpc) is 3.13. The Morgan fingerprint density at radius 3 is 2.52 bits per heavy atom. The van der Waals surface area contributed by atoms with Gasteiger partial charge >= 0.3 is 11.9 Å². The second-order valence-corrected chi connectivity index (χ2v) is 9.70. The number of ketones is 1. The molecule has 0 bridgehead atoms. The van der Waals surface area contributed by atoms with Crippen LogP contribution in [0.15, 0.2) is 0 Å². The topological polar surface area (TPSA) is 80.7 Å². The Balaban J connectivity index is 1.74. The van der Waals surface area contributed by atoms with Crippen molar-refractivity contribution in [1.29, 1.82) is 0 Å². The van der Waals surface area contributed by atoms with E-state index in [4.69, 9.17) is 4.74 Å². The number of hydrogen-bond donors (Lipinski definition) is 1. The quantitative estimate of drug-likeness (QED) is 0.741. The largest absolute Gasteiger partial charge is 0.478 e. The number of esters is 1. The van der Waals surface area contributed by atoms with E-state index >= 15 is 0 Å². The summed E-state index contributed by atoms with van der Waals surface area (Å²) >= 11 is 1.36. The van der Waals surface area contributed by atoms with E-state index in [0.717, 1.165) is 16.9 Å². The van der Waals surface area contributed by atoms with E-state index in [-0.39, 0.29) is 42.5 Å². The molecule has 3 rings (SSSR count). The number of thiophene rings is 1. The molecule has 3 atom stereocenters. The minimum atomic E-state index is -1.07. The number of alkyl halides is 1. The molecule has 148 valence electrons. The van der Waals surface area contributed by atoms with Crippen LogP contribution in [0.2, 0.25) is 0 Å². The zero-order valence-corrected chi connectivity index (χ0v) is 16.7. The van der Waals surface area contributed by atoms with Gasteiger partial charge in [0.1, 0.15) is 17.6 Å². The molecule has 1 aromatic rings. The number of fused-ring (bicyclic) bond motifs is 1. The van der Waals surface area contributed by atoms with Crippen LogP contribution in [0.1, 0.15) is 65.7 Å². The van der Waals surface area contributed by atoms with Gasteiger partial charge in [0.05, 0.1) is 11.5 Å². The molecule has 27 heavy (non-hydrogen) atoms. The van der Waals surface area contributed by atoms with Gasteiger partial charge in [-0.25, -0.2) is 9.18 Å². The fourth-order valence-electron chi connectivity index (χ4n) is 3.67. The Hall–Kier alpha value is -1.76. The van der Waals surface area contributed by atoms with Crippen molar-refractivity contribution in [1.82, 2.24) is 0 Å². The summed E-state index contributed by atoms with van der Waals surface area (Å²) in [6.07, 6.45) is 1.40. The molecule has 5 nitrogen and oxygen atoms in total. The molecule has 7 heteroatoms. The van der Waals surface area contributed by atoms with Crippen molar-refractivity contribution in [3.05, 3.63) is 20.9 Å². The first-order valence-corrected chi connectivity index (χ1v) is 10.1. The van der Waals surface area contributed by atoms with Crippen LogP contribution in [0.4, 0.5) is 4.39 Å². The van der Waals surface area contributed by atoms with Crippen LogP contribution < -0.4 is 0 Å². The lowest BCUT2D eigenvalue weighted by Gasteiger charge is -2.25. The van der Waals surface area contributed by atoms with Crippen LogP contribution in [0.5, 0.6) is 0 Å². The van der Waals surface area contributed by atoms with E-state index in [9.17, 15) is 23.9 Å². The second-order valence-electron chi connectivity index (χ2n) is 8.51. The molecule has 0 spiro atoms. The van der Waals surface area contributed by atoms with Gasteiger partial charge in [-0.3, -0.25) is 9.59 Å². The molecule has 1 fully saturated rings. The smallest absolute Gasteiger partial charge is 0.337 e. The summed E-state index contributed by atoms with van der Waals surface area (Å²) in [5.74, 6) is -2.08. The SMILES string of the molecule is CC(C)(C)OC(=O)C[C@H]1CCc2sc(CC(=O)C3C[C@@H]3F)c(C(=O)O)c2C1. The number of hydrogen-bond acceptors (Lipinski definition) is 5. The summed E-state index contributed by atoms with van der Waals surface area (Å²) in [6, 6.07) is 0. The third-order valence-corrected chi connectivity index (χ3v) is 6.28. The molecular formula is C20H25FO5S. The number of aryl methyl sites for hydroxylation is 1. The number of Topliss-reactive ketones (excluding diaryl/α,β-unsaturated/α-hetero) is 1. The van der Waals surface area contributed by atoms with Gasteiger partial charge in [0, 0.05) is 22.6 Å². The molecule has 2 aliphatic carbocycles. The third kappa shape index (κ3) is 4.75. The van der Waals surface area contributed by atoms with Crippen LogP contribution in [-0.4, -0.2) is 34.6 Å². The lowest BCUT2D eigenvalue weighted by atomic mass is 9.84. The van der Waals surface area contributed by atoms with E-state index in [0.29, 0.717) is 17.7 Å². The highest BCUT2D eigenvalue weighted by Crippen LogP contribution is 2.40. The molecule has 1 N–H and O–H groups in total. The molecule has 0 aliphatic heterocycles. The number of rotatable bonds is 6. The number of aromatic carboxylic acids is 1. The fraction of sp³-hybridized carbons (Fsp3) is 0.650. The van der Waals surface area contributed by atoms with Crippen molar-refractivity contribution in [2.75, 3.05) is 0 Å². The molecule has 1 aromatic heterocycles. The Morgan fingerprint density at radius 1 is 1.30 bits per heavy atom. The number of carbonyl (C=O) groups excluding carboxylic acids is 2. The Kier molecular flexibility index (Phi) is 5.43. The fourth-order valence-corrected chi connectivity index (χ4v) is 5.02. The van der Waals surface area contributed by atoms with E-state index in [2.05, 4.69) is 0 Å². The zero-order chi connectivity index (χ0) is 19.9. The van der Waals surface area contributed by atoms with Gasteiger partial charge in [0.2, 0.25) is 0 Å². The minimum absolute atomic E-state index is 0.0128. The van der Waals surface area contributed by atoms with Gasteiger partial charge in [-0.1, -0.05) is 0 Å². The summed E-state index contributed by atoms with van der Waals surface area (Å²) in [7, 11) is 0. The zero-order valence-electron chi connectivity index (χ0n) is 15.8. The summed E-state index contributed by atoms with van der Waals surface area (Å²) < 4.78 is 18.5. The average molecular weight is 396 g/mol. The van der Waals surface area contributed by atoms with Gasteiger partial charge < -0.3 is 9.84 Å². The van der Waals surface area contributed by atoms with E-state index in [1.54, 1.807) is 0 Å². The van der Waals surface area contributed by atoms with Crippen molar-refractivity contribution in [3.63, 3.8) is 0 Å². The first-order valence-electron chi connectivity index (χ1n) is 9.30. The van der Waals surface area contributed by atoms with Gasteiger partial charge in [0.25, 0.3) is 0 Å². The van der Waals surface area contributed by atoms with Crippen LogP contribution in [0, 0.1) is 11.8 Å². The number of carboxylic acid groups (broad SMARTS) is 1. The van der Waals surface area contributed by atoms with Gasteiger partial charge in [-0.2, -0.15) is 0 Å².